The van der Waals surface area contributed by atoms with Crippen LogP contribution < -0.4 is 5.32 Å². The molecular formula is C4H8INO2. The van der Waals surface area contributed by atoms with Crippen molar-refractivity contribution in [2.45, 2.75) is 6.29 Å². The molecule has 1 saturated heterocycles. The van der Waals surface area contributed by atoms with Crippen LogP contribution in [0.25, 0.3) is 0 Å². The van der Waals surface area contributed by atoms with E-state index in [4.69, 9.17) is 7.80 Å². The lowest BCUT2D eigenvalue weighted by molar-refractivity contribution is -0.0718. The molecule has 4 heteroatoms. The van der Waals surface area contributed by atoms with Gasteiger partial charge in [-0.2, -0.15) is 0 Å². The Balaban J connectivity index is 2.13. The van der Waals surface area contributed by atoms with Crippen LogP contribution in [0.15, 0.2) is 0 Å². The molecule has 1 fully saturated rings. The Morgan fingerprint density at radius 2 is 2.62 bits per heavy atom. The Morgan fingerprint density at radius 3 is 3.00 bits per heavy atom. The van der Waals surface area contributed by atoms with E-state index in [-0.39, 0.29) is 6.29 Å². The van der Waals surface area contributed by atoms with Crippen molar-refractivity contribution >= 4 is 23.0 Å². The van der Waals surface area contributed by atoms with Crippen LogP contribution in [-0.2, 0) is 7.80 Å². The molecule has 0 bridgehead atoms. The molecule has 0 aromatic heterocycles. The minimum absolute atomic E-state index is 0.0376. The average molecular weight is 229 g/mol. The maximum atomic E-state index is 5.13. The summed E-state index contributed by atoms with van der Waals surface area (Å²) >= 11 is 1.84. The first-order valence-corrected chi connectivity index (χ1v) is 3.41. The number of nitrogens with one attached hydrogen (secondary N) is 1. The van der Waals surface area contributed by atoms with E-state index < -0.39 is 0 Å². The smallest absolute Gasteiger partial charge is 0.181 e. The zero-order valence-electron chi connectivity index (χ0n) is 4.39. The van der Waals surface area contributed by atoms with Crippen molar-refractivity contribution in [2.75, 3.05) is 19.7 Å². The van der Waals surface area contributed by atoms with Gasteiger partial charge in [0, 0.05) is 13.1 Å². The molecule has 0 aromatic carbocycles. The van der Waals surface area contributed by atoms with E-state index in [2.05, 4.69) is 5.32 Å². The fraction of sp³-hybridized carbons (Fsp3) is 1.00. The third kappa shape index (κ3) is 1.85. The van der Waals surface area contributed by atoms with Gasteiger partial charge in [-0.05, 0) is 0 Å². The van der Waals surface area contributed by atoms with E-state index >= 15 is 0 Å². The van der Waals surface area contributed by atoms with Gasteiger partial charge in [-0.3, -0.25) is 3.07 Å². The largest absolute Gasteiger partial charge is 0.349 e. The van der Waals surface area contributed by atoms with Crippen LogP contribution in [0.4, 0.5) is 0 Å². The van der Waals surface area contributed by atoms with Crippen molar-refractivity contribution < 1.29 is 7.80 Å². The van der Waals surface area contributed by atoms with Gasteiger partial charge in [-0.25, -0.2) is 0 Å². The maximum absolute atomic E-state index is 5.13. The predicted molar refractivity (Wildman–Crippen MR) is 37.7 cm³/mol. The normalized spacial score (nSPS) is 30.4. The number of halogens is 1. The van der Waals surface area contributed by atoms with Crippen molar-refractivity contribution in [1.29, 1.82) is 0 Å². The van der Waals surface area contributed by atoms with Crippen LogP contribution in [0.2, 0.25) is 0 Å². The molecule has 1 rings (SSSR count). The fourth-order valence-electron chi connectivity index (χ4n) is 0.599. The molecule has 1 unspecified atom stereocenters. The van der Waals surface area contributed by atoms with Crippen LogP contribution in [0.3, 0.4) is 0 Å². The molecule has 0 aromatic rings. The van der Waals surface area contributed by atoms with Gasteiger partial charge in [0.25, 0.3) is 0 Å². The van der Waals surface area contributed by atoms with Gasteiger partial charge in [-0.15, -0.1) is 0 Å². The molecule has 48 valence electrons. The summed E-state index contributed by atoms with van der Waals surface area (Å²) in [5.74, 6) is 0. The van der Waals surface area contributed by atoms with E-state index in [1.165, 1.54) is 0 Å². The molecule has 3 nitrogen and oxygen atoms in total. The summed E-state index contributed by atoms with van der Waals surface area (Å²) in [5.41, 5.74) is 0. The zero-order chi connectivity index (χ0) is 5.82. The lowest BCUT2D eigenvalue weighted by Gasteiger charge is -2.20. The summed E-state index contributed by atoms with van der Waals surface area (Å²) in [6.07, 6.45) is -0.0376. The first kappa shape index (κ1) is 6.73. The Labute approximate surface area is 62.4 Å². The molecule has 8 heavy (non-hydrogen) atoms. The highest BCUT2D eigenvalue weighted by atomic mass is 127. The standard InChI is InChI=1S/C4H8INO2/c5-8-4-3-6-1-2-7-4/h4,6H,1-3H2. The second-order valence-electron chi connectivity index (χ2n) is 1.59. The monoisotopic (exact) mass is 229 g/mol. The number of morpholine rings is 1. The lowest BCUT2D eigenvalue weighted by atomic mass is 10.5. The summed E-state index contributed by atoms with van der Waals surface area (Å²) in [6, 6.07) is 0. The Kier molecular flexibility index (Phi) is 3.03. The summed E-state index contributed by atoms with van der Waals surface area (Å²) in [6.45, 7) is 2.51. The van der Waals surface area contributed by atoms with Crippen molar-refractivity contribution in [3.63, 3.8) is 0 Å². The van der Waals surface area contributed by atoms with E-state index in [1.807, 2.05) is 23.0 Å². The van der Waals surface area contributed by atoms with E-state index in [9.17, 15) is 0 Å². The highest BCUT2D eigenvalue weighted by Crippen LogP contribution is 2.01. The second-order valence-corrected chi connectivity index (χ2v) is 2.10. The van der Waals surface area contributed by atoms with E-state index in [0.29, 0.717) is 0 Å². The molecule has 0 saturated carbocycles. The van der Waals surface area contributed by atoms with Gasteiger partial charge in [0.15, 0.2) is 6.29 Å². The third-order valence-corrected chi connectivity index (χ3v) is 1.56. The zero-order valence-corrected chi connectivity index (χ0v) is 6.55. The van der Waals surface area contributed by atoms with E-state index in [0.717, 1.165) is 19.7 Å². The number of ether oxygens (including phenoxy) is 1. The lowest BCUT2D eigenvalue weighted by Crippen LogP contribution is -2.38. The molecule has 0 aliphatic carbocycles. The van der Waals surface area contributed by atoms with E-state index in [1.54, 1.807) is 0 Å². The Hall–Kier alpha value is 0.610. The second kappa shape index (κ2) is 3.60. The maximum Gasteiger partial charge on any atom is 0.181 e. The average Bonchev–Trinajstić information content (AvgIpc) is 1.90. The van der Waals surface area contributed by atoms with Gasteiger partial charge in [0.05, 0.1) is 6.61 Å². The molecule has 1 atom stereocenters. The van der Waals surface area contributed by atoms with Gasteiger partial charge in [0.2, 0.25) is 0 Å². The summed E-state index contributed by atoms with van der Waals surface area (Å²) in [4.78, 5) is 0. The first-order chi connectivity index (χ1) is 3.93. The minimum Gasteiger partial charge on any atom is -0.349 e. The summed E-state index contributed by atoms with van der Waals surface area (Å²) < 4.78 is 10.0. The molecule has 1 N–H and O–H groups in total. The SMILES string of the molecule is IOC1CNCCO1. The van der Waals surface area contributed by atoms with Crippen LogP contribution in [0, 0.1) is 0 Å². The first-order valence-electron chi connectivity index (χ1n) is 2.53. The molecule has 1 heterocycles. The number of hydrogen-bond acceptors (Lipinski definition) is 3. The Morgan fingerprint density at radius 1 is 1.75 bits per heavy atom. The van der Waals surface area contributed by atoms with Gasteiger partial charge < -0.3 is 10.1 Å². The highest BCUT2D eigenvalue weighted by Gasteiger charge is 2.10. The van der Waals surface area contributed by atoms with Gasteiger partial charge >= 0.3 is 0 Å². The molecule has 1 aliphatic heterocycles. The van der Waals surface area contributed by atoms with Crippen LogP contribution in [-0.4, -0.2) is 26.0 Å². The van der Waals surface area contributed by atoms with Crippen molar-refractivity contribution in [3.05, 3.63) is 0 Å². The summed E-state index contributed by atoms with van der Waals surface area (Å²) in [7, 11) is 0. The predicted octanol–water partition coefficient (Wildman–Crippen LogP) is 0.299. The highest BCUT2D eigenvalue weighted by molar-refractivity contribution is 14.1. The van der Waals surface area contributed by atoms with Crippen molar-refractivity contribution in [3.8, 4) is 0 Å². The molecule has 1 aliphatic rings. The van der Waals surface area contributed by atoms with Gasteiger partial charge in [-0.1, -0.05) is 0 Å². The molecule has 0 spiro atoms. The Bertz CT molecular complexity index is 65.1. The molecule has 0 amide bonds. The van der Waals surface area contributed by atoms with Crippen molar-refractivity contribution in [1.82, 2.24) is 5.32 Å². The quantitative estimate of drug-likeness (QED) is 0.656. The summed E-state index contributed by atoms with van der Waals surface area (Å²) in [5, 5.41) is 3.13. The third-order valence-electron chi connectivity index (χ3n) is 0.993. The number of hydrogen-bond donors (Lipinski definition) is 1. The molecule has 0 radical (unpaired) electrons. The van der Waals surface area contributed by atoms with Crippen molar-refractivity contribution in [2.24, 2.45) is 0 Å². The number of rotatable bonds is 1. The van der Waals surface area contributed by atoms with Crippen LogP contribution in [0.1, 0.15) is 0 Å². The molecular weight excluding hydrogens is 221 g/mol. The van der Waals surface area contributed by atoms with Crippen LogP contribution >= 0.6 is 23.0 Å². The topological polar surface area (TPSA) is 30.5 Å². The van der Waals surface area contributed by atoms with Gasteiger partial charge in [0.1, 0.15) is 23.0 Å². The van der Waals surface area contributed by atoms with Crippen LogP contribution in [0.5, 0.6) is 0 Å². The fourth-order valence-corrected chi connectivity index (χ4v) is 0.925. The minimum atomic E-state index is -0.0376.